The van der Waals surface area contributed by atoms with E-state index in [1.165, 1.54) is 4.90 Å². The van der Waals surface area contributed by atoms with Crippen molar-refractivity contribution in [2.45, 2.75) is 0 Å². The van der Waals surface area contributed by atoms with E-state index in [1.807, 2.05) is 24.3 Å². The fourth-order valence-electron chi connectivity index (χ4n) is 1.77. The van der Waals surface area contributed by atoms with Crippen molar-refractivity contribution in [3.63, 3.8) is 0 Å². The molecule has 0 saturated carbocycles. The summed E-state index contributed by atoms with van der Waals surface area (Å²) in [5.74, 6) is -0.0411. The van der Waals surface area contributed by atoms with Crippen LogP contribution in [0.1, 0.15) is 11.1 Å². The van der Waals surface area contributed by atoms with Gasteiger partial charge in [-0.05, 0) is 0 Å². The Kier molecular flexibility index (Phi) is 2.86. The van der Waals surface area contributed by atoms with Gasteiger partial charge in [-0.3, -0.25) is 4.79 Å². The summed E-state index contributed by atoms with van der Waals surface area (Å²) >= 11 is 0. The minimum atomic E-state index is -0.374. The number of benzene rings is 1. The zero-order valence-electron chi connectivity index (χ0n) is 10.1. The fourth-order valence-corrected chi connectivity index (χ4v) is 1.77. The van der Waals surface area contributed by atoms with Crippen molar-refractivity contribution in [2.24, 2.45) is 10.7 Å². The molecule has 2 rings (SSSR count). The molecule has 5 nitrogen and oxygen atoms in total. The van der Waals surface area contributed by atoms with Crippen molar-refractivity contribution < 1.29 is 4.79 Å². The maximum atomic E-state index is 11.9. The molecule has 0 unspecified atom stereocenters. The van der Waals surface area contributed by atoms with Crippen molar-refractivity contribution in [1.82, 2.24) is 4.90 Å². The van der Waals surface area contributed by atoms with Crippen LogP contribution in [0.4, 0.5) is 0 Å². The predicted molar refractivity (Wildman–Crippen MR) is 68.4 cm³/mol. The average molecular weight is 240 g/mol. The molecule has 1 aromatic rings. The summed E-state index contributed by atoms with van der Waals surface area (Å²) in [7, 11) is 3.18. The molecule has 0 aliphatic carbocycles. The molecule has 0 bridgehead atoms. The summed E-state index contributed by atoms with van der Waals surface area (Å²) in [6.45, 7) is 0. The Morgan fingerprint density at radius 3 is 2.50 bits per heavy atom. The van der Waals surface area contributed by atoms with Crippen molar-refractivity contribution in [3.05, 3.63) is 41.0 Å². The quantitative estimate of drug-likeness (QED) is 0.580. The van der Waals surface area contributed by atoms with Gasteiger partial charge in [-0.25, -0.2) is 4.99 Å². The van der Waals surface area contributed by atoms with Gasteiger partial charge in [0.1, 0.15) is 17.5 Å². The Morgan fingerprint density at radius 2 is 1.94 bits per heavy atom. The number of carbonyl (C=O) groups is 1. The normalized spacial score (nSPS) is 15.5. The van der Waals surface area contributed by atoms with Crippen LogP contribution >= 0.6 is 0 Å². The first-order valence-corrected chi connectivity index (χ1v) is 5.36. The Balaban J connectivity index is 2.66. The number of nitriles is 1. The molecule has 0 saturated heterocycles. The second kappa shape index (κ2) is 4.34. The lowest BCUT2D eigenvalue weighted by atomic mass is 10.0. The number of likely N-dealkylation sites (N-methyl/N-ethyl adjacent to an activating group) is 1. The van der Waals surface area contributed by atoms with Gasteiger partial charge in [0.25, 0.3) is 5.91 Å². The number of rotatable bonds is 1. The van der Waals surface area contributed by atoms with E-state index >= 15 is 0 Å². The molecule has 0 radical (unpaired) electrons. The second-order valence-electron chi connectivity index (χ2n) is 4.08. The molecule has 0 spiro atoms. The Labute approximate surface area is 105 Å². The Bertz CT molecular complexity index is 620. The highest BCUT2D eigenvalue weighted by molar-refractivity contribution is 6.14. The van der Waals surface area contributed by atoms with E-state index in [9.17, 15) is 4.79 Å². The molecule has 1 aliphatic heterocycles. The monoisotopic (exact) mass is 240 g/mol. The molecule has 1 aliphatic rings. The molecule has 18 heavy (non-hydrogen) atoms. The van der Waals surface area contributed by atoms with Crippen LogP contribution in [0.15, 0.2) is 34.8 Å². The first-order chi connectivity index (χ1) is 8.56. The van der Waals surface area contributed by atoms with Crippen LogP contribution in [-0.2, 0) is 4.79 Å². The standard InChI is InChI=1S/C13H12N4O/c1-17(2)13(18)10(7-14)11-8-5-3-4-6-9(8)12(15)16-11/h3-6H,1-2H3,(H2,15,16)/b11-10-. The Morgan fingerprint density at radius 1 is 1.33 bits per heavy atom. The van der Waals surface area contributed by atoms with E-state index in [0.29, 0.717) is 11.5 Å². The molecular formula is C13H12N4O. The topological polar surface area (TPSA) is 82.5 Å². The number of nitrogens with two attached hydrogens (primary N) is 1. The van der Waals surface area contributed by atoms with E-state index in [0.717, 1.165) is 11.1 Å². The van der Waals surface area contributed by atoms with Crippen molar-refractivity contribution >= 4 is 17.4 Å². The molecule has 0 atom stereocenters. The van der Waals surface area contributed by atoms with Gasteiger partial charge in [0.05, 0.1) is 5.70 Å². The van der Waals surface area contributed by atoms with Crippen LogP contribution in [0.2, 0.25) is 0 Å². The minimum Gasteiger partial charge on any atom is -0.383 e. The van der Waals surface area contributed by atoms with Crippen LogP contribution in [0.5, 0.6) is 0 Å². The molecule has 90 valence electrons. The largest absolute Gasteiger partial charge is 0.383 e. The van der Waals surface area contributed by atoms with Crippen molar-refractivity contribution in [1.29, 1.82) is 5.26 Å². The first kappa shape index (κ1) is 11.9. The molecule has 1 aromatic carbocycles. The Hall–Kier alpha value is -2.61. The highest BCUT2D eigenvalue weighted by atomic mass is 16.2. The molecule has 0 fully saturated rings. The summed E-state index contributed by atoms with van der Waals surface area (Å²) in [5.41, 5.74) is 7.63. The molecule has 2 N–H and O–H groups in total. The number of hydrogen-bond donors (Lipinski definition) is 1. The number of amides is 1. The van der Waals surface area contributed by atoms with Gasteiger partial charge in [-0.2, -0.15) is 5.26 Å². The highest BCUT2D eigenvalue weighted by Gasteiger charge is 2.25. The highest BCUT2D eigenvalue weighted by Crippen LogP contribution is 2.30. The lowest BCUT2D eigenvalue weighted by molar-refractivity contribution is -0.124. The third-order valence-electron chi connectivity index (χ3n) is 2.66. The SMILES string of the molecule is CN(C)C(=O)/C(C#N)=C1\N=C(N)c2ccccc21. The number of aliphatic imine (C=N–C) groups is 1. The van der Waals surface area contributed by atoms with Gasteiger partial charge < -0.3 is 10.6 Å². The van der Waals surface area contributed by atoms with Crippen LogP contribution in [0.3, 0.4) is 0 Å². The summed E-state index contributed by atoms with van der Waals surface area (Å²) in [5, 5.41) is 9.15. The van der Waals surface area contributed by atoms with E-state index in [4.69, 9.17) is 11.0 Å². The minimum absolute atomic E-state index is 0.00731. The third-order valence-corrected chi connectivity index (χ3v) is 2.66. The summed E-state index contributed by atoms with van der Waals surface area (Å²) in [6, 6.07) is 9.19. The fraction of sp³-hybridized carbons (Fsp3) is 0.154. The van der Waals surface area contributed by atoms with Gasteiger partial charge >= 0.3 is 0 Å². The van der Waals surface area contributed by atoms with E-state index in [1.54, 1.807) is 20.2 Å². The van der Waals surface area contributed by atoms with E-state index in [-0.39, 0.29) is 11.5 Å². The molecular weight excluding hydrogens is 228 g/mol. The van der Waals surface area contributed by atoms with Crippen LogP contribution < -0.4 is 5.73 Å². The molecule has 5 heteroatoms. The van der Waals surface area contributed by atoms with Gasteiger partial charge in [-0.1, -0.05) is 24.3 Å². The zero-order chi connectivity index (χ0) is 13.3. The number of fused-ring (bicyclic) bond motifs is 1. The first-order valence-electron chi connectivity index (χ1n) is 5.36. The van der Waals surface area contributed by atoms with Crippen LogP contribution in [0, 0.1) is 11.3 Å². The van der Waals surface area contributed by atoms with Crippen molar-refractivity contribution in [2.75, 3.05) is 14.1 Å². The molecule has 1 heterocycles. The molecule has 0 aromatic heterocycles. The maximum absolute atomic E-state index is 11.9. The van der Waals surface area contributed by atoms with E-state index in [2.05, 4.69) is 4.99 Å². The van der Waals surface area contributed by atoms with Crippen LogP contribution in [-0.4, -0.2) is 30.7 Å². The van der Waals surface area contributed by atoms with Gasteiger partial charge in [0, 0.05) is 25.2 Å². The maximum Gasteiger partial charge on any atom is 0.266 e. The van der Waals surface area contributed by atoms with Gasteiger partial charge in [-0.15, -0.1) is 0 Å². The second-order valence-corrected chi connectivity index (χ2v) is 4.08. The van der Waals surface area contributed by atoms with Gasteiger partial charge in [0.15, 0.2) is 0 Å². The predicted octanol–water partition coefficient (Wildman–Crippen LogP) is 0.728. The third kappa shape index (κ3) is 1.74. The van der Waals surface area contributed by atoms with E-state index < -0.39 is 0 Å². The van der Waals surface area contributed by atoms with Gasteiger partial charge in [0.2, 0.25) is 0 Å². The molecule has 1 amide bonds. The number of carbonyl (C=O) groups excluding carboxylic acids is 1. The zero-order valence-corrected chi connectivity index (χ0v) is 10.1. The lowest BCUT2D eigenvalue weighted by Gasteiger charge is -2.10. The summed E-state index contributed by atoms with van der Waals surface area (Å²) < 4.78 is 0. The van der Waals surface area contributed by atoms with Crippen molar-refractivity contribution in [3.8, 4) is 6.07 Å². The smallest absolute Gasteiger partial charge is 0.266 e. The number of amidine groups is 1. The summed E-state index contributed by atoms with van der Waals surface area (Å²) in [6.07, 6.45) is 0. The summed E-state index contributed by atoms with van der Waals surface area (Å²) in [4.78, 5) is 17.4. The number of hydrogen-bond acceptors (Lipinski definition) is 4. The van der Waals surface area contributed by atoms with Crippen LogP contribution in [0.25, 0.3) is 5.70 Å². The number of nitrogens with zero attached hydrogens (tertiary/aromatic N) is 3. The lowest BCUT2D eigenvalue weighted by Crippen LogP contribution is -2.23. The average Bonchev–Trinajstić information content (AvgIpc) is 2.69.